The van der Waals surface area contributed by atoms with Crippen LogP contribution in [0.3, 0.4) is 0 Å². The molecule has 4 rings (SSSR count). The van der Waals surface area contributed by atoms with Crippen LogP contribution in [0.4, 0.5) is 5.88 Å². The minimum Gasteiger partial charge on any atom is -0.464 e. The molecule has 1 amide bonds. The number of carbonyl (C=O) groups excluding carboxylic acids is 4. The summed E-state index contributed by atoms with van der Waals surface area (Å²) >= 11 is 0. The van der Waals surface area contributed by atoms with E-state index in [9.17, 15) is 19.2 Å². The van der Waals surface area contributed by atoms with Crippen molar-refractivity contribution in [1.82, 2.24) is 0 Å². The number of Topliss-reactive ketones (excluding diaryl/α,β-unsaturated/α-hetero) is 1. The monoisotopic (exact) mass is 477 g/mol. The Bertz CT molecular complexity index is 1460. The highest BCUT2D eigenvalue weighted by Crippen LogP contribution is 2.31. The SMILES string of the molecule is CCOC(=O)c1c(NC(=O)COC(=O)Cc2coc3ccc4ccccc4c23)oc(C)c1C(C)=O. The van der Waals surface area contributed by atoms with Crippen LogP contribution in [-0.2, 0) is 25.5 Å². The molecule has 2 heterocycles. The molecule has 2 aromatic carbocycles. The first-order valence-corrected chi connectivity index (χ1v) is 10.9. The Hall–Kier alpha value is -4.40. The van der Waals surface area contributed by atoms with Gasteiger partial charge in [-0.3, -0.25) is 19.7 Å². The van der Waals surface area contributed by atoms with E-state index in [1.54, 1.807) is 6.92 Å². The van der Waals surface area contributed by atoms with Crippen LogP contribution in [0.2, 0.25) is 0 Å². The lowest BCUT2D eigenvalue weighted by Crippen LogP contribution is -2.22. The summed E-state index contributed by atoms with van der Waals surface area (Å²) in [6, 6.07) is 11.5. The van der Waals surface area contributed by atoms with E-state index < -0.39 is 30.2 Å². The molecular formula is C26H23NO8. The van der Waals surface area contributed by atoms with E-state index in [4.69, 9.17) is 18.3 Å². The molecular weight excluding hydrogens is 454 g/mol. The van der Waals surface area contributed by atoms with E-state index in [-0.39, 0.29) is 35.8 Å². The number of nitrogens with one attached hydrogen (secondary N) is 1. The number of carbonyl (C=O) groups is 4. The Morgan fingerprint density at radius 2 is 1.77 bits per heavy atom. The van der Waals surface area contributed by atoms with E-state index >= 15 is 0 Å². The van der Waals surface area contributed by atoms with E-state index in [1.807, 2.05) is 36.4 Å². The van der Waals surface area contributed by atoms with Gasteiger partial charge in [-0.2, -0.15) is 0 Å². The van der Waals surface area contributed by atoms with Gasteiger partial charge in [-0.05, 0) is 37.6 Å². The zero-order valence-corrected chi connectivity index (χ0v) is 19.4. The molecule has 0 bridgehead atoms. The van der Waals surface area contributed by atoms with Crippen LogP contribution in [0, 0.1) is 6.92 Å². The number of amides is 1. The maximum Gasteiger partial charge on any atom is 0.344 e. The highest BCUT2D eigenvalue weighted by atomic mass is 16.5. The van der Waals surface area contributed by atoms with Crippen molar-refractivity contribution < 1.29 is 37.5 Å². The van der Waals surface area contributed by atoms with Crippen LogP contribution in [-0.4, -0.2) is 36.8 Å². The first kappa shape index (κ1) is 23.7. The summed E-state index contributed by atoms with van der Waals surface area (Å²) in [7, 11) is 0. The Balaban J connectivity index is 1.45. The van der Waals surface area contributed by atoms with Crippen LogP contribution < -0.4 is 5.32 Å². The normalized spacial score (nSPS) is 10.9. The van der Waals surface area contributed by atoms with E-state index in [2.05, 4.69) is 5.32 Å². The first-order chi connectivity index (χ1) is 16.8. The summed E-state index contributed by atoms with van der Waals surface area (Å²) in [5.41, 5.74) is 1.13. The van der Waals surface area contributed by atoms with Crippen molar-refractivity contribution in [2.75, 3.05) is 18.5 Å². The summed E-state index contributed by atoms with van der Waals surface area (Å²) in [4.78, 5) is 49.2. The molecule has 0 saturated carbocycles. The number of furan rings is 2. The molecule has 0 atom stereocenters. The van der Waals surface area contributed by atoms with Crippen molar-refractivity contribution in [2.24, 2.45) is 0 Å². The summed E-state index contributed by atoms with van der Waals surface area (Å²) in [5.74, 6) is -2.68. The average molecular weight is 477 g/mol. The van der Waals surface area contributed by atoms with E-state index in [0.717, 1.165) is 16.2 Å². The Morgan fingerprint density at radius 1 is 1.00 bits per heavy atom. The van der Waals surface area contributed by atoms with Gasteiger partial charge in [-0.1, -0.05) is 30.3 Å². The van der Waals surface area contributed by atoms with Gasteiger partial charge in [-0.25, -0.2) is 4.79 Å². The molecule has 0 fully saturated rings. The van der Waals surface area contributed by atoms with Crippen molar-refractivity contribution in [3.63, 3.8) is 0 Å². The van der Waals surface area contributed by atoms with Gasteiger partial charge in [0.2, 0.25) is 5.88 Å². The van der Waals surface area contributed by atoms with Gasteiger partial charge >= 0.3 is 11.9 Å². The second-order valence-electron chi connectivity index (χ2n) is 7.82. The number of esters is 2. The number of rotatable bonds is 8. The van der Waals surface area contributed by atoms with Crippen molar-refractivity contribution in [1.29, 1.82) is 0 Å². The van der Waals surface area contributed by atoms with Crippen LogP contribution >= 0.6 is 0 Å². The van der Waals surface area contributed by atoms with Gasteiger partial charge < -0.3 is 18.3 Å². The molecule has 9 heteroatoms. The number of hydrogen-bond acceptors (Lipinski definition) is 8. The average Bonchev–Trinajstić information content (AvgIpc) is 3.38. The molecule has 0 saturated heterocycles. The number of anilines is 1. The van der Waals surface area contributed by atoms with E-state index in [1.165, 1.54) is 20.1 Å². The molecule has 0 unspecified atom stereocenters. The third kappa shape index (κ3) is 4.79. The topological polar surface area (TPSA) is 125 Å². The predicted octanol–water partition coefficient (Wildman–Crippen LogP) is 4.59. The van der Waals surface area contributed by atoms with Crippen LogP contribution in [0.25, 0.3) is 21.7 Å². The molecule has 180 valence electrons. The zero-order valence-electron chi connectivity index (χ0n) is 19.4. The van der Waals surface area contributed by atoms with Gasteiger partial charge in [0.25, 0.3) is 5.91 Å². The number of aryl methyl sites for hydroxylation is 1. The molecule has 0 aliphatic heterocycles. The van der Waals surface area contributed by atoms with Gasteiger partial charge in [0.1, 0.15) is 16.9 Å². The molecule has 4 aromatic rings. The number of hydrogen-bond donors (Lipinski definition) is 1. The van der Waals surface area contributed by atoms with Crippen molar-refractivity contribution >= 4 is 51.3 Å². The number of ether oxygens (including phenoxy) is 2. The summed E-state index contributed by atoms with van der Waals surface area (Å²) in [5, 5.41) is 5.14. The van der Waals surface area contributed by atoms with Crippen molar-refractivity contribution in [2.45, 2.75) is 27.2 Å². The Kier molecular flexibility index (Phi) is 6.68. The fraction of sp³-hybridized carbons (Fsp3) is 0.231. The molecule has 0 radical (unpaired) electrons. The summed E-state index contributed by atoms with van der Waals surface area (Å²) in [6.45, 7) is 3.84. The standard InChI is InChI=1S/C26H23NO8/c1-4-32-26(31)24-22(14(2)28)15(3)35-25(24)27-20(29)13-34-21(30)11-17-12-33-19-10-9-16-7-5-6-8-18(16)23(17)19/h5-10,12H,4,11,13H2,1-3H3,(H,27,29). The lowest BCUT2D eigenvalue weighted by atomic mass is 10.0. The number of benzene rings is 2. The molecule has 9 nitrogen and oxygen atoms in total. The van der Waals surface area contributed by atoms with Crippen molar-refractivity contribution in [3.8, 4) is 0 Å². The van der Waals surface area contributed by atoms with Crippen LogP contribution in [0.1, 0.15) is 45.9 Å². The molecule has 0 spiro atoms. The lowest BCUT2D eigenvalue weighted by Gasteiger charge is -2.07. The fourth-order valence-corrected chi connectivity index (χ4v) is 3.97. The van der Waals surface area contributed by atoms with E-state index in [0.29, 0.717) is 11.1 Å². The predicted molar refractivity (Wildman–Crippen MR) is 126 cm³/mol. The van der Waals surface area contributed by atoms with Gasteiger partial charge in [0.05, 0.1) is 24.9 Å². The molecule has 2 aromatic heterocycles. The largest absolute Gasteiger partial charge is 0.464 e. The lowest BCUT2D eigenvalue weighted by molar-refractivity contribution is -0.146. The van der Waals surface area contributed by atoms with Gasteiger partial charge in [0.15, 0.2) is 12.4 Å². The van der Waals surface area contributed by atoms with Gasteiger partial charge in [0, 0.05) is 10.9 Å². The summed E-state index contributed by atoms with van der Waals surface area (Å²) < 4.78 is 21.1. The summed E-state index contributed by atoms with van der Waals surface area (Å²) in [6.07, 6.45) is 1.40. The quantitative estimate of drug-likeness (QED) is 0.289. The Labute approximate surface area is 200 Å². The second kappa shape index (κ2) is 9.84. The molecule has 35 heavy (non-hydrogen) atoms. The molecule has 1 N–H and O–H groups in total. The number of ketones is 1. The maximum absolute atomic E-state index is 12.5. The highest BCUT2D eigenvalue weighted by Gasteiger charge is 2.29. The smallest absolute Gasteiger partial charge is 0.344 e. The van der Waals surface area contributed by atoms with Gasteiger partial charge in [-0.15, -0.1) is 0 Å². The van der Waals surface area contributed by atoms with Crippen LogP contribution in [0.5, 0.6) is 0 Å². The minimum atomic E-state index is -0.805. The maximum atomic E-state index is 12.5. The number of fused-ring (bicyclic) bond motifs is 3. The first-order valence-electron chi connectivity index (χ1n) is 10.9. The fourth-order valence-electron chi connectivity index (χ4n) is 3.97. The van der Waals surface area contributed by atoms with Crippen LogP contribution in [0.15, 0.2) is 51.5 Å². The Morgan fingerprint density at radius 3 is 2.51 bits per heavy atom. The second-order valence-corrected chi connectivity index (χ2v) is 7.82. The third-order valence-electron chi connectivity index (χ3n) is 5.41. The molecule has 0 aliphatic carbocycles. The highest BCUT2D eigenvalue weighted by molar-refractivity contribution is 6.11. The van der Waals surface area contributed by atoms with Crippen molar-refractivity contribution in [3.05, 3.63) is 65.1 Å². The third-order valence-corrected chi connectivity index (χ3v) is 5.41. The molecule has 0 aliphatic rings. The minimum absolute atomic E-state index is 0.0230. The zero-order chi connectivity index (χ0) is 25.1.